The minimum atomic E-state index is -0.399. The van der Waals surface area contributed by atoms with Crippen molar-refractivity contribution in [2.75, 3.05) is 13.7 Å². The molecule has 2 aromatic heterocycles. The van der Waals surface area contributed by atoms with Gasteiger partial charge in [0.15, 0.2) is 4.96 Å². The highest BCUT2D eigenvalue weighted by Crippen LogP contribution is 2.10. The Morgan fingerprint density at radius 3 is 3.00 bits per heavy atom. The number of nitrogens with zero attached hydrogens (tertiary/aromatic N) is 2. The van der Waals surface area contributed by atoms with E-state index in [1.54, 1.807) is 18.7 Å². The van der Waals surface area contributed by atoms with E-state index in [1.165, 1.54) is 15.7 Å². The number of aryl methyl sites for hydroxylation is 1. The number of aromatic nitrogens is 2. The van der Waals surface area contributed by atoms with Crippen molar-refractivity contribution in [2.45, 2.75) is 26.3 Å². The van der Waals surface area contributed by atoms with Crippen LogP contribution in [-0.4, -0.2) is 35.1 Å². The number of hydrogen-bond acceptors (Lipinski definition) is 5. The Hall–Kier alpha value is -1.73. The van der Waals surface area contributed by atoms with Crippen LogP contribution in [0.4, 0.5) is 0 Å². The van der Waals surface area contributed by atoms with Gasteiger partial charge >= 0.3 is 0 Å². The van der Waals surface area contributed by atoms with E-state index >= 15 is 0 Å². The summed E-state index contributed by atoms with van der Waals surface area (Å²) in [5.41, 5.74) is 0.320. The van der Waals surface area contributed by atoms with Gasteiger partial charge in [0, 0.05) is 24.7 Å². The van der Waals surface area contributed by atoms with E-state index < -0.39 is 5.91 Å². The van der Waals surface area contributed by atoms with Crippen molar-refractivity contribution < 1.29 is 9.53 Å². The van der Waals surface area contributed by atoms with Crippen molar-refractivity contribution in [3.8, 4) is 0 Å². The average molecular weight is 295 g/mol. The van der Waals surface area contributed by atoms with Crippen LogP contribution in [0, 0.1) is 0 Å². The first-order valence-corrected chi connectivity index (χ1v) is 7.25. The van der Waals surface area contributed by atoms with E-state index in [0.29, 0.717) is 23.7 Å². The van der Waals surface area contributed by atoms with Crippen molar-refractivity contribution in [1.29, 1.82) is 0 Å². The third-order valence-corrected chi connectivity index (χ3v) is 3.65. The second kappa shape index (κ2) is 6.15. The molecule has 108 valence electrons. The number of ether oxygens (including phenoxy) is 1. The van der Waals surface area contributed by atoms with E-state index in [4.69, 9.17) is 4.74 Å². The predicted molar refractivity (Wildman–Crippen MR) is 77.5 cm³/mol. The molecule has 2 rings (SSSR count). The maximum absolute atomic E-state index is 12.4. The summed E-state index contributed by atoms with van der Waals surface area (Å²) in [7, 11) is 1.56. The second-order valence-corrected chi connectivity index (χ2v) is 5.35. The molecule has 0 aliphatic carbocycles. The smallest absolute Gasteiger partial charge is 0.271 e. The second-order valence-electron chi connectivity index (χ2n) is 4.48. The molecule has 0 bridgehead atoms. The molecule has 0 aliphatic heterocycles. The standard InChI is InChI=1S/C13H17N3O3S/c1-4-9-10(11(17)14-8(2)7-19-3)12(18)16-5-6-20-13(16)15-9/h5-6,8H,4,7H2,1-3H3,(H,14,17). The minimum absolute atomic E-state index is 0.117. The maximum Gasteiger partial charge on any atom is 0.271 e. The van der Waals surface area contributed by atoms with Gasteiger partial charge in [0.2, 0.25) is 0 Å². The van der Waals surface area contributed by atoms with Crippen LogP contribution in [0.25, 0.3) is 4.96 Å². The summed E-state index contributed by atoms with van der Waals surface area (Å²) in [4.78, 5) is 29.7. The van der Waals surface area contributed by atoms with Gasteiger partial charge in [0.1, 0.15) is 5.56 Å². The van der Waals surface area contributed by atoms with Crippen LogP contribution in [0.5, 0.6) is 0 Å². The molecule has 7 heteroatoms. The lowest BCUT2D eigenvalue weighted by Crippen LogP contribution is -2.39. The molecule has 1 N–H and O–H groups in total. The molecule has 6 nitrogen and oxygen atoms in total. The lowest BCUT2D eigenvalue weighted by molar-refractivity contribution is 0.0902. The molecule has 2 heterocycles. The zero-order valence-corrected chi connectivity index (χ0v) is 12.5. The normalized spacial score (nSPS) is 12.6. The van der Waals surface area contributed by atoms with E-state index in [0.717, 1.165) is 0 Å². The Morgan fingerprint density at radius 1 is 1.60 bits per heavy atom. The molecular weight excluding hydrogens is 278 g/mol. The Bertz CT molecular complexity index is 677. The summed E-state index contributed by atoms with van der Waals surface area (Å²) in [6.45, 7) is 4.09. The fraction of sp³-hybridized carbons (Fsp3) is 0.462. The lowest BCUT2D eigenvalue weighted by Gasteiger charge is -2.13. The van der Waals surface area contributed by atoms with Gasteiger partial charge in [0.25, 0.3) is 11.5 Å². The summed E-state index contributed by atoms with van der Waals surface area (Å²) >= 11 is 1.37. The summed E-state index contributed by atoms with van der Waals surface area (Å²) in [6.07, 6.45) is 2.16. The predicted octanol–water partition coefficient (Wildman–Crippen LogP) is 1.08. The van der Waals surface area contributed by atoms with E-state index in [9.17, 15) is 9.59 Å². The van der Waals surface area contributed by atoms with Crippen LogP contribution in [0.3, 0.4) is 0 Å². The number of methoxy groups -OCH3 is 1. The van der Waals surface area contributed by atoms with Crippen LogP contribution >= 0.6 is 11.3 Å². The van der Waals surface area contributed by atoms with Gasteiger partial charge in [-0.25, -0.2) is 4.98 Å². The number of hydrogen-bond donors (Lipinski definition) is 1. The molecule has 0 saturated carbocycles. The molecule has 0 aromatic carbocycles. The SMILES string of the molecule is CCc1nc2sccn2c(=O)c1C(=O)NC(C)COC. The monoisotopic (exact) mass is 295 g/mol. The number of carbonyl (C=O) groups excluding carboxylic acids is 1. The third kappa shape index (κ3) is 2.73. The summed E-state index contributed by atoms with van der Waals surface area (Å²) < 4.78 is 6.38. The van der Waals surface area contributed by atoms with Crippen molar-refractivity contribution in [2.24, 2.45) is 0 Å². The van der Waals surface area contributed by atoms with E-state index in [1.807, 2.05) is 13.8 Å². The van der Waals surface area contributed by atoms with Crippen LogP contribution in [0.1, 0.15) is 29.9 Å². The van der Waals surface area contributed by atoms with Crippen molar-refractivity contribution in [3.05, 3.63) is 33.2 Å². The Labute approximate surface area is 120 Å². The quantitative estimate of drug-likeness (QED) is 0.896. The van der Waals surface area contributed by atoms with Crippen LogP contribution in [0.15, 0.2) is 16.4 Å². The first-order chi connectivity index (χ1) is 9.58. The summed E-state index contributed by atoms with van der Waals surface area (Å²) in [5, 5.41) is 4.53. The number of amides is 1. The summed E-state index contributed by atoms with van der Waals surface area (Å²) in [6, 6.07) is -0.167. The Kier molecular flexibility index (Phi) is 4.51. The molecule has 1 atom stereocenters. The van der Waals surface area contributed by atoms with Gasteiger partial charge in [-0.05, 0) is 13.3 Å². The highest BCUT2D eigenvalue weighted by Gasteiger charge is 2.20. The number of rotatable bonds is 5. The number of fused-ring (bicyclic) bond motifs is 1. The molecule has 0 spiro atoms. The highest BCUT2D eigenvalue weighted by molar-refractivity contribution is 7.15. The van der Waals surface area contributed by atoms with Gasteiger partial charge in [-0.3, -0.25) is 14.0 Å². The van der Waals surface area contributed by atoms with E-state index in [2.05, 4.69) is 10.3 Å². The molecule has 20 heavy (non-hydrogen) atoms. The van der Waals surface area contributed by atoms with Gasteiger partial charge in [0.05, 0.1) is 12.3 Å². The van der Waals surface area contributed by atoms with Crippen LogP contribution in [0.2, 0.25) is 0 Å². The summed E-state index contributed by atoms with van der Waals surface area (Å²) in [5.74, 6) is -0.399. The van der Waals surface area contributed by atoms with Gasteiger partial charge < -0.3 is 10.1 Å². The van der Waals surface area contributed by atoms with Gasteiger partial charge in [-0.15, -0.1) is 11.3 Å². The van der Waals surface area contributed by atoms with Crippen molar-refractivity contribution in [1.82, 2.24) is 14.7 Å². The van der Waals surface area contributed by atoms with Crippen molar-refractivity contribution >= 4 is 22.2 Å². The molecule has 0 fully saturated rings. The molecule has 0 aliphatic rings. The maximum atomic E-state index is 12.4. The molecule has 1 amide bonds. The topological polar surface area (TPSA) is 72.7 Å². The minimum Gasteiger partial charge on any atom is -0.383 e. The Morgan fingerprint density at radius 2 is 2.35 bits per heavy atom. The highest BCUT2D eigenvalue weighted by atomic mass is 32.1. The largest absolute Gasteiger partial charge is 0.383 e. The number of nitrogens with one attached hydrogen (secondary N) is 1. The van der Waals surface area contributed by atoms with Gasteiger partial charge in [-0.2, -0.15) is 0 Å². The fourth-order valence-electron chi connectivity index (χ4n) is 1.99. The van der Waals surface area contributed by atoms with Crippen LogP contribution in [-0.2, 0) is 11.2 Å². The van der Waals surface area contributed by atoms with Crippen molar-refractivity contribution in [3.63, 3.8) is 0 Å². The molecule has 2 aromatic rings. The number of thiazole rings is 1. The first-order valence-electron chi connectivity index (χ1n) is 6.37. The zero-order valence-electron chi connectivity index (χ0n) is 11.7. The average Bonchev–Trinajstić information content (AvgIpc) is 2.86. The first kappa shape index (κ1) is 14.7. The van der Waals surface area contributed by atoms with Crippen LogP contribution < -0.4 is 10.9 Å². The molecule has 0 saturated heterocycles. The fourth-order valence-corrected chi connectivity index (χ4v) is 2.72. The van der Waals surface area contributed by atoms with Gasteiger partial charge in [-0.1, -0.05) is 6.92 Å². The molecular formula is C13H17N3O3S. The molecule has 1 unspecified atom stereocenters. The third-order valence-electron chi connectivity index (χ3n) is 2.90. The number of carbonyl (C=O) groups is 1. The Balaban J connectivity index is 2.44. The van der Waals surface area contributed by atoms with E-state index in [-0.39, 0.29) is 17.2 Å². The molecule has 0 radical (unpaired) electrons. The zero-order chi connectivity index (χ0) is 14.7. The lowest BCUT2D eigenvalue weighted by atomic mass is 10.1.